The summed E-state index contributed by atoms with van der Waals surface area (Å²) in [6, 6.07) is 8.17. The van der Waals surface area contributed by atoms with Crippen LogP contribution in [0.1, 0.15) is 24.2 Å². The Bertz CT molecular complexity index is 955. The Kier molecular flexibility index (Phi) is 7.72. The Balaban J connectivity index is 2.56. The van der Waals surface area contributed by atoms with Crippen LogP contribution in [0.3, 0.4) is 0 Å². The number of esters is 1. The van der Waals surface area contributed by atoms with Crippen LogP contribution in [0.2, 0.25) is 5.02 Å². The largest absolute Gasteiger partial charge is 0.493 e. The molecule has 0 radical (unpaired) electrons. The van der Waals surface area contributed by atoms with Gasteiger partial charge in [0.2, 0.25) is 0 Å². The zero-order valence-corrected chi connectivity index (χ0v) is 17.2. The molecular weight excluding hydrogens is 444 g/mol. The minimum absolute atomic E-state index is 0.0206. The van der Waals surface area contributed by atoms with Gasteiger partial charge in [0.05, 0.1) is 23.8 Å². The van der Waals surface area contributed by atoms with Gasteiger partial charge in [-0.1, -0.05) is 23.7 Å². The first kappa shape index (κ1) is 24.3. The van der Waals surface area contributed by atoms with Crippen molar-refractivity contribution in [1.82, 2.24) is 5.32 Å². The number of para-hydroxylation sites is 1. The lowest BCUT2D eigenvalue weighted by molar-refractivity contribution is -0.204. The molecule has 1 atom stereocenters. The number of anilines is 1. The van der Waals surface area contributed by atoms with Crippen molar-refractivity contribution in [2.24, 2.45) is 0 Å². The number of benzene rings is 2. The molecule has 0 heterocycles. The van der Waals surface area contributed by atoms with Crippen molar-refractivity contribution in [2.45, 2.75) is 25.7 Å². The van der Waals surface area contributed by atoms with Gasteiger partial charge >= 0.3 is 17.8 Å². The molecule has 11 heteroatoms. The van der Waals surface area contributed by atoms with E-state index in [1.54, 1.807) is 12.2 Å². The summed E-state index contributed by atoms with van der Waals surface area (Å²) in [6.07, 6.45) is -5.36. The molecule has 168 valence electrons. The number of halogens is 5. The Morgan fingerprint density at radius 2 is 1.74 bits per heavy atom. The third-order valence-corrected chi connectivity index (χ3v) is 4.28. The summed E-state index contributed by atoms with van der Waals surface area (Å²) in [5, 5.41) is 3.11. The highest BCUT2D eigenvalue weighted by molar-refractivity contribution is 6.31. The van der Waals surface area contributed by atoms with Crippen molar-refractivity contribution in [1.29, 1.82) is 0 Å². The fourth-order valence-electron chi connectivity index (χ4n) is 2.59. The van der Waals surface area contributed by atoms with Gasteiger partial charge in [-0.2, -0.15) is 13.2 Å². The molecule has 0 fully saturated rings. The lowest BCUT2D eigenvalue weighted by Crippen LogP contribution is -2.69. The van der Waals surface area contributed by atoms with Crippen molar-refractivity contribution < 1.29 is 36.6 Å². The molecule has 0 saturated heterocycles. The summed E-state index contributed by atoms with van der Waals surface area (Å²) in [4.78, 5) is 25.3. The van der Waals surface area contributed by atoms with Crippen LogP contribution in [-0.2, 0) is 9.53 Å². The van der Waals surface area contributed by atoms with E-state index in [0.29, 0.717) is 0 Å². The van der Waals surface area contributed by atoms with Crippen LogP contribution >= 0.6 is 11.6 Å². The Morgan fingerprint density at radius 1 is 1.06 bits per heavy atom. The fourth-order valence-corrected chi connectivity index (χ4v) is 2.77. The number of hydrogen-bond acceptors (Lipinski definition) is 5. The zero-order valence-electron chi connectivity index (χ0n) is 16.5. The molecule has 0 aromatic heterocycles. The maximum absolute atomic E-state index is 14.2. The van der Waals surface area contributed by atoms with E-state index >= 15 is 0 Å². The van der Waals surface area contributed by atoms with E-state index in [4.69, 9.17) is 16.3 Å². The molecule has 0 bridgehead atoms. The summed E-state index contributed by atoms with van der Waals surface area (Å²) in [6.45, 7) is 2.69. The number of amides is 1. The summed E-state index contributed by atoms with van der Waals surface area (Å²) in [5.74, 6) is -3.93. The normalized spacial score (nSPS) is 13.1. The highest BCUT2D eigenvalue weighted by Crippen LogP contribution is 2.35. The van der Waals surface area contributed by atoms with Crippen LogP contribution in [0, 0.1) is 5.82 Å². The quantitative estimate of drug-likeness (QED) is 0.342. The van der Waals surface area contributed by atoms with Crippen LogP contribution < -0.4 is 15.4 Å². The molecule has 0 aliphatic carbocycles. The second kappa shape index (κ2) is 9.86. The second-order valence-electron chi connectivity index (χ2n) is 6.11. The summed E-state index contributed by atoms with van der Waals surface area (Å²) < 4.78 is 66.0. The minimum Gasteiger partial charge on any atom is -0.493 e. The van der Waals surface area contributed by atoms with Crippen LogP contribution in [0.15, 0.2) is 42.5 Å². The van der Waals surface area contributed by atoms with Crippen molar-refractivity contribution in [3.63, 3.8) is 0 Å². The van der Waals surface area contributed by atoms with Gasteiger partial charge in [0, 0.05) is 5.69 Å². The summed E-state index contributed by atoms with van der Waals surface area (Å²) >= 11 is 5.64. The first-order valence-corrected chi connectivity index (χ1v) is 9.45. The smallest absolute Gasteiger partial charge is 0.441 e. The number of alkyl halides is 3. The Labute approximate surface area is 180 Å². The highest BCUT2D eigenvalue weighted by atomic mass is 35.5. The second-order valence-corrected chi connectivity index (χ2v) is 6.51. The van der Waals surface area contributed by atoms with Gasteiger partial charge < -0.3 is 20.1 Å². The number of nitrogens with one attached hydrogen (secondary N) is 2. The van der Waals surface area contributed by atoms with Crippen LogP contribution in [0.5, 0.6) is 5.75 Å². The van der Waals surface area contributed by atoms with Gasteiger partial charge in [-0.15, -0.1) is 0 Å². The van der Waals surface area contributed by atoms with E-state index in [0.717, 1.165) is 18.2 Å². The van der Waals surface area contributed by atoms with Crippen LogP contribution in [-0.4, -0.2) is 36.9 Å². The maximum Gasteiger partial charge on any atom is 0.441 e. The van der Waals surface area contributed by atoms with E-state index in [1.165, 1.54) is 31.2 Å². The van der Waals surface area contributed by atoms with E-state index in [9.17, 15) is 27.2 Å². The molecule has 6 nitrogen and oxygen atoms in total. The molecule has 0 aliphatic rings. The van der Waals surface area contributed by atoms with E-state index in [-0.39, 0.29) is 23.6 Å². The molecular formula is C20H19ClF4N2O4. The first-order valence-electron chi connectivity index (χ1n) is 9.07. The average molecular weight is 463 g/mol. The third-order valence-electron chi connectivity index (χ3n) is 3.99. The predicted octanol–water partition coefficient (Wildman–Crippen LogP) is 4.54. The van der Waals surface area contributed by atoms with E-state index in [1.807, 2.05) is 5.32 Å². The number of ether oxygens (including phenoxy) is 2. The number of hydrogen-bond donors (Lipinski definition) is 2. The summed E-state index contributed by atoms with van der Waals surface area (Å²) in [5.41, 5.74) is -4.31. The zero-order chi connectivity index (χ0) is 23.2. The lowest BCUT2D eigenvalue weighted by atomic mass is 10.1. The lowest BCUT2D eigenvalue weighted by Gasteiger charge is -2.35. The van der Waals surface area contributed by atoms with Crippen molar-refractivity contribution in [3.05, 3.63) is 58.9 Å². The number of rotatable bonds is 8. The van der Waals surface area contributed by atoms with Crippen molar-refractivity contribution in [2.75, 3.05) is 18.5 Å². The fraction of sp³-hybridized carbons (Fsp3) is 0.300. The molecule has 2 N–H and O–H groups in total. The minimum atomic E-state index is -5.36. The van der Waals surface area contributed by atoms with Gasteiger partial charge in [-0.25, -0.2) is 9.18 Å². The van der Waals surface area contributed by atoms with Gasteiger partial charge in [0.25, 0.3) is 5.91 Å². The predicted molar refractivity (Wildman–Crippen MR) is 106 cm³/mol. The van der Waals surface area contributed by atoms with Gasteiger partial charge in [0.1, 0.15) is 11.6 Å². The SMILES string of the molecule is CCOC(=O)C(NC(=O)c1ccccc1OCC)(Nc1ccc(F)c(Cl)c1)C(F)(F)F. The monoisotopic (exact) mass is 462 g/mol. The number of carbonyl (C=O) groups excluding carboxylic acids is 2. The molecule has 1 unspecified atom stereocenters. The van der Waals surface area contributed by atoms with E-state index < -0.39 is 41.2 Å². The van der Waals surface area contributed by atoms with Crippen molar-refractivity contribution >= 4 is 29.2 Å². The van der Waals surface area contributed by atoms with Gasteiger partial charge in [-0.3, -0.25) is 4.79 Å². The van der Waals surface area contributed by atoms with Gasteiger partial charge in [-0.05, 0) is 44.2 Å². The molecule has 0 aliphatic heterocycles. The standard InChI is InChI=1S/C20H19ClF4N2O4/c1-3-30-16-8-6-5-7-13(16)17(28)27-19(20(23,24)25,18(29)31-4-2)26-12-9-10-15(22)14(21)11-12/h5-11,26H,3-4H2,1-2H3,(H,27,28). The molecule has 0 spiro atoms. The summed E-state index contributed by atoms with van der Waals surface area (Å²) in [7, 11) is 0. The Morgan fingerprint density at radius 3 is 2.32 bits per heavy atom. The van der Waals surface area contributed by atoms with E-state index in [2.05, 4.69) is 4.74 Å². The molecule has 2 rings (SSSR count). The maximum atomic E-state index is 14.2. The first-order chi connectivity index (χ1) is 14.6. The van der Waals surface area contributed by atoms with Crippen LogP contribution in [0.25, 0.3) is 0 Å². The molecule has 2 aromatic carbocycles. The third kappa shape index (κ3) is 5.38. The molecule has 1 amide bonds. The number of carbonyl (C=O) groups is 2. The Hall–Kier alpha value is -3.01. The van der Waals surface area contributed by atoms with Crippen molar-refractivity contribution in [3.8, 4) is 5.75 Å². The average Bonchev–Trinajstić information content (AvgIpc) is 2.70. The molecule has 2 aromatic rings. The van der Waals surface area contributed by atoms with Gasteiger partial charge in [0.15, 0.2) is 0 Å². The van der Waals surface area contributed by atoms with Crippen LogP contribution in [0.4, 0.5) is 23.2 Å². The topological polar surface area (TPSA) is 76.7 Å². The molecule has 0 saturated carbocycles. The highest BCUT2D eigenvalue weighted by Gasteiger charge is 2.63. The molecule has 31 heavy (non-hydrogen) atoms.